The van der Waals surface area contributed by atoms with Gasteiger partial charge in [-0.2, -0.15) is 0 Å². The van der Waals surface area contributed by atoms with Gasteiger partial charge >= 0.3 is 0 Å². The van der Waals surface area contributed by atoms with Crippen molar-refractivity contribution in [1.82, 2.24) is 0 Å². The second kappa shape index (κ2) is 7.09. The largest absolute Gasteiger partial charge is 0.748 e. The molecule has 0 bridgehead atoms. The maximum Gasteiger partial charge on any atom is 0.116 e. The quantitative estimate of drug-likeness (QED) is 0.320. The van der Waals surface area contributed by atoms with Crippen molar-refractivity contribution in [2.24, 2.45) is 0 Å². The van der Waals surface area contributed by atoms with Gasteiger partial charge in [0.15, 0.2) is 0 Å². The standard InChI is InChI=1S/C7H17NO6S/c9-3-1-8(2-4-10)5-7(11)6-15(12,13)14/h7,9-11H,1-6H2,(H,12,13,14)/t7-/m1/s1. The van der Waals surface area contributed by atoms with Gasteiger partial charge in [0.05, 0.1) is 29.1 Å². The van der Waals surface area contributed by atoms with E-state index in [0.29, 0.717) is 4.90 Å². The molecule has 4 N–H and O–H groups in total. The first-order valence-electron chi connectivity index (χ1n) is 4.56. The van der Waals surface area contributed by atoms with E-state index in [9.17, 15) is 18.1 Å². The third kappa shape index (κ3) is 8.73. The van der Waals surface area contributed by atoms with Crippen molar-refractivity contribution in [3.63, 3.8) is 0 Å². The zero-order chi connectivity index (χ0) is 11.9. The fraction of sp³-hybridized carbons (Fsp3) is 1.00. The number of rotatable bonds is 8. The molecule has 0 fully saturated rings. The highest BCUT2D eigenvalue weighted by molar-refractivity contribution is 7.85. The van der Waals surface area contributed by atoms with Gasteiger partial charge in [0.1, 0.15) is 25.7 Å². The second-order valence-corrected chi connectivity index (χ2v) is 4.73. The molecule has 0 radical (unpaired) electrons. The van der Waals surface area contributed by atoms with E-state index in [-0.39, 0.29) is 32.8 Å². The number of hydrogen-bond acceptors (Lipinski definition) is 6. The zero-order valence-corrected chi connectivity index (χ0v) is 9.11. The van der Waals surface area contributed by atoms with Crippen LogP contribution in [0.25, 0.3) is 0 Å². The smallest absolute Gasteiger partial charge is 0.116 e. The van der Waals surface area contributed by atoms with Gasteiger partial charge in [-0.1, -0.05) is 0 Å². The van der Waals surface area contributed by atoms with Gasteiger partial charge in [-0.3, -0.25) is 0 Å². The van der Waals surface area contributed by atoms with Crippen LogP contribution < -0.4 is 4.90 Å². The van der Waals surface area contributed by atoms with Gasteiger partial charge in [0, 0.05) is 0 Å². The molecule has 0 aliphatic heterocycles. The van der Waals surface area contributed by atoms with E-state index in [1.807, 2.05) is 0 Å². The Morgan fingerprint density at radius 2 is 1.67 bits per heavy atom. The van der Waals surface area contributed by atoms with Crippen LogP contribution in [0.5, 0.6) is 0 Å². The van der Waals surface area contributed by atoms with Crippen LogP contribution in [0.3, 0.4) is 0 Å². The molecule has 0 aromatic heterocycles. The van der Waals surface area contributed by atoms with Crippen molar-refractivity contribution < 1.29 is 33.2 Å². The molecule has 0 saturated heterocycles. The summed E-state index contributed by atoms with van der Waals surface area (Å²) >= 11 is 0. The molecule has 0 spiro atoms. The highest BCUT2D eigenvalue weighted by atomic mass is 32.2. The van der Waals surface area contributed by atoms with Crippen LogP contribution in [0, 0.1) is 0 Å². The Kier molecular flexibility index (Phi) is 6.98. The van der Waals surface area contributed by atoms with Gasteiger partial charge in [0.25, 0.3) is 0 Å². The van der Waals surface area contributed by atoms with Gasteiger partial charge in [0.2, 0.25) is 0 Å². The van der Waals surface area contributed by atoms with E-state index >= 15 is 0 Å². The Balaban J connectivity index is 4.04. The minimum atomic E-state index is -4.44. The SMILES string of the molecule is O=S(=O)([O-])C[C@H](O)C[NH+](CCO)CCO. The summed E-state index contributed by atoms with van der Waals surface area (Å²) < 4.78 is 30.9. The molecule has 8 heteroatoms. The fourth-order valence-corrected chi connectivity index (χ4v) is 1.86. The Morgan fingerprint density at radius 1 is 1.20 bits per heavy atom. The number of quaternary nitrogens is 1. The van der Waals surface area contributed by atoms with Crippen molar-refractivity contribution in [2.45, 2.75) is 6.10 Å². The Bertz CT molecular complexity index is 248. The maximum atomic E-state index is 10.3. The lowest BCUT2D eigenvalue weighted by atomic mass is 10.3. The molecule has 0 aromatic carbocycles. The topological polar surface area (TPSA) is 122 Å². The average Bonchev–Trinajstić information content (AvgIpc) is 2.00. The predicted molar refractivity (Wildman–Crippen MR) is 50.3 cm³/mol. The molecule has 0 aromatic rings. The summed E-state index contributed by atoms with van der Waals surface area (Å²) in [6, 6.07) is 0. The molecular weight excluding hydrogens is 226 g/mol. The fourth-order valence-electron chi connectivity index (χ4n) is 1.27. The third-order valence-electron chi connectivity index (χ3n) is 1.85. The summed E-state index contributed by atoms with van der Waals surface area (Å²) in [6.07, 6.45) is -1.26. The highest BCUT2D eigenvalue weighted by Crippen LogP contribution is 1.86. The van der Waals surface area contributed by atoms with E-state index in [4.69, 9.17) is 10.2 Å². The molecule has 1 atom stereocenters. The minimum absolute atomic E-state index is 0.0165. The average molecular weight is 243 g/mol. The van der Waals surface area contributed by atoms with E-state index in [0.717, 1.165) is 0 Å². The predicted octanol–water partition coefficient (Wildman–Crippen LogP) is -4.24. The molecule has 0 heterocycles. The molecule has 92 valence electrons. The molecule has 0 amide bonds. The first kappa shape index (κ1) is 14.8. The monoisotopic (exact) mass is 243 g/mol. The van der Waals surface area contributed by atoms with E-state index in [1.165, 1.54) is 0 Å². The summed E-state index contributed by atoms with van der Waals surface area (Å²) in [6.45, 7) is 0.327. The van der Waals surface area contributed by atoms with Crippen molar-refractivity contribution in [2.75, 3.05) is 38.6 Å². The van der Waals surface area contributed by atoms with Crippen molar-refractivity contribution in [3.8, 4) is 0 Å². The molecule has 0 unspecified atom stereocenters. The highest BCUT2D eigenvalue weighted by Gasteiger charge is 2.16. The summed E-state index contributed by atoms with van der Waals surface area (Å²) in [5, 5.41) is 26.5. The van der Waals surface area contributed by atoms with E-state index in [2.05, 4.69) is 0 Å². The Hall–Kier alpha value is -0.250. The maximum absolute atomic E-state index is 10.3. The Labute approximate surface area is 88.7 Å². The first-order valence-corrected chi connectivity index (χ1v) is 6.13. The minimum Gasteiger partial charge on any atom is -0.748 e. The van der Waals surface area contributed by atoms with Gasteiger partial charge < -0.3 is 24.8 Å². The normalized spacial score (nSPS) is 14.5. The van der Waals surface area contributed by atoms with Gasteiger partial charge in [-0.05, 0) is 0 Å². The lowest BCUT2D eigenvalue weighted by Gasteiger charge is -2.21. The number of hydrogen-bond donors (Lipinski definition) is 4. The Morgan fingerprint density at radius 3 is 2.00 bits per heavy atom. The molecular formula is C7H17NO6S. The van der Waals surface area contributed by atoms with E-state index < -0.39 is 22.0 Å². The van der Waals surface area contributed by atoms with E-state index in [1.54, 1.807) is 0 Å². The van der Waals surface area contributed by atoms with Crippen LogP contribution in [0.4, 0.5) is 0 Å². The van der Waals surface area contributed by atoms with Gasteiger partial charge in [-0.25, -0.2) is 8.42 Å². The van der Waals surface area contributed by atoms with Crippen LogP contribution in [-0.2, 0) is 10.1 Å². The van der Waals surface area contributed by atoms with Crippen LogP contribution in [0.1, 0.15) is 0 Å². The molecule has 0 aliphatic rings. The molecule has 0 aliphatic carbocycles. The van der Waals surface area contributed by atoms with Crippen LogP contribution >= 0.6 is 0 Å². The second-order valence-electron chi connectivity index (χ2n) is 3.28. The van der Waals surface area contributed by atoms with Gasteiger partial charge in [-0.15, -0.1) is 0 Å². The molecule has 0 saturated carbocycles. The number of aliphatic hydroxyl groups is 3. The van der Waals surface area contributed by atoms with Crippen molar-refractivity contribution in [3.05, 3.63) is 0 Å². The number of aliphatic hydroxyl groups excluding tert-OH is 3. The summed E-state index contributed by atoms with van der Waals surface area (Å²) in [7, 11) is -4.44. The summed E-state index contributed by atoms with van der Waals surface area (Å²) in [5.41, 5.74) is 0. The molecule has 7 nitrogen and oxygen atoms in total. The van der Waals surface area contributed by atoms with Crippen molar-refractivity contribution >= 4 is 10.1 Å². The lowest BCUT2D eigenvalue weighted by molar-refractivity contribution is -0.903. The number of nitrogens with one attached hydrogen (secondary N) is 1. The lowest BCUT2D eigenvalue weighted by Crippen LogP contribution is -3.14. The molecule has 15 heavy (non-hydrogen) atoms. The van der Waals surface area contributed by atoms with Crippen molar-refractivity contribution in [1.29, 1.82) is 0 Å². The van der Waals surface area contributed by atoms with Crippen LogP contribution in [0.2, 0.25) is 0 Å². The summed E-state index contributed by atoms with van der Waals surface area (Å²) in [5.74, 6) is -0.840. The first-order chi connectivity index (χ1) is 6.89. The van der Waals surface area contributed by atoms with Crippen LogP contribution in [0.15, 0.2) is 0 Å². The van der Waals surface area contributed by atoms with Crippen LogP contribution in [-0.4, -0.2) is 73.0 Å². The zero-order valence-electron chi connectivity index (χ0n) is 8.29. The third-order valence-corrected chi connectivity index (χ3v) is 2.64. The summed E-state index contributed by atoms with van der Waals surface area (Å²) in [4.78, 5) is 0.649. The molecule has 0 rings (SSSR count).